The van der Waals surface area contributed by atoms with Crippen molar-refractivity contribution in [1.82, 2.24) is 0 Å². The van der Waals surface area contributed by atoms with Crippen LogP contribution in [0.4, 0.5) is 4.39 Å². The minimum absolute atomic E-state index is 0.186. The Hall–Kier alpha value is -1.87. The summed E-state index contributed by atoms with van der Waals surface area (Å²) in [5.41, 5.74) is 3.32. The van der Waals surface area contributed by atoms with Gasteiger partial charge in [-0.05, 0) is 41.7 Å². The van der Waals surface area contributed by atoms with E-state index in [0.717, 1.165) is 12.8 Å². The molecule has 0 fully saturated rings. The molecule has 2 aromatic rings. The Kier molecular flexibility index (Phi) is 4.97. The normalized spacial score (nSPS) is 12.2. The first-order chi connectivity index (χ1) is 10.1. The molecule has 0 saturated heterocycles. The lowest BCUT2D eigenvalue weighted by Crippen LogP contribution is -2.06. The third kappa shape index (κ3) is 3.08. The predicted molar refractivity (Wildman–Crippen MR) is 82.2 cm³/mol. The van der Waals surface area contributed by atoms with Crippen LogP contribution >= 0.6 is 0 Å². The molecule has 0 aliphatic heterocycles. The van der Waals surface area contributed by atoms with Crippen molar-refractivity contribution >= 4 is 0 Å². The molecule has 112 valence electrons. The predicted octanol–water partition coefficient (Wildman–Crippen LogP) is 4.04. The second-order valence-electron chi connectivity index (χ2n) is 4.99. The van der Waals surface area contributed by atoms with Crippen molar-refractivity contribution < 1.29 is 14.2 Å². The molecule has 0 saturated carbocycles. The standard InChI is InChI=1S/C18H21FO2/c1-4-12-9-10-14(11-13(12)5-2)18(20)17-15(19)7-6-8-16(17)21-3/h6-11,18,20H,4-5H2,1-3H3. The smallest absolute Gasteiger partial charge is 0.133 e. The Morgan fingerprint density at radius 3 is 2.43 bits per heavy atom. The van der Waals surface area contributed by atoms with Crippen molar-refractivity contribution in [2.75, 3.05) is 7.11 Å². The molecule has 0 spiro atoms. The van der Waals surface area contributed by atoms with Crippen LogP contribution in [0.25, 0.3) is 0 Å². The minimum Gasteiger partial charge on any atom is -0.496 e. The largest absolute Gasteiger partial charge is 0.496 e. The summed E-state index contributed by atoms with van der Waals surface area (Å²) >= 11 is 0. The van der Waals surface area contributed by atoms with Crippen LogP contribution in [0.1, 0.15) is 42.2 Å². The lowest BCUT2D eigenvalue weighted by Gasteiger charge is -2.17. The fourth-order valence-corrected chi connectivity index (χ4v) is 2.62. The van der Waals surface area contributed by atoms with E-state index in [1.165, 1.54) is 24.3 Å². The van der Waals surface area contributed by atoms with Crippen molar-refractivity contribution in [1.29, 1.82) is 0 Å². The van der Waals surface area contributed by atoms with Crippen LogP contribution in [0.15, 0.2) is 36.4 Å². The Morgan fingerprint density at radius 1 is 1.10 bits per heavy atom. The molecular weight excluding hydrogens is 267 g/mol. The zero-order valence-corrected chi connectivity index (χ0v) is 12.7. The molecule has 0 aliphatic carbocycles. The van der Waals surface area contributed by atoms with Crippen LogP contribution in [0, 0.1) is 5.82 Å². The molecule has 1 unspecified atom stereocenters. The zero-order chi connectivity index (χ0) is 15.4. The lowest BCUT2D eigenvalue weighted by atomic mass is 9.94. The van der Waals surface area contributed by atoms with Gasteiger partial charge in [-0.3, -0.25) is 0 Å². The Balaban J connectivity index is 2.47. The fourth-order valence-electron chi connectivity index (χ4n) is 2.62. The zero-order valence-electron chi connectivity index (χ0n) is 12.7. The number of benzene rings is 2. The number of halogens is 1. The van der Waals surface area contributed by atoms with E-state index in [4.69, 9.17) is 4.74 Å². The van der Waals surface area contributed by atoms with Gasteiger partial charge in [0, 0.05) is 0 Å². The molecule has 0 heterocycles. The molecule has 2 aromatic carbocycles. The van der Waals surface area contributed by atoms with Crippen molar-refractivity contribution in [3.05, 3.63) is 64.5 Å². The van der Waals surface area contributed by atoms with Crippen LogP contribution in [0.3, 0.4) is 0 Å². The van der Waals surface area contributed by atoms with Gasteiger partial charge >= 0.3 is 0 Å². The lowest BCUT2D eigenvalue weighted by molar-refractivity contribution is 0.209. The van der Waals surface area contributed by atoms with E-state index in [-0.39, 0.29) is 5.56 Å². The number of aliphatic hydroxyl groups is 1. The van der Waals surface area contributed by atoms with Crippen LogP contribution in [0.2, 0.25) is 0 Å². The average Bonchev–Trinajstić information content (AvgIpc) is 2.53. The number of aliphatic hydroxyl groups excluding tert-OH is 1. The van der Waals surface area contributed by atoms with Gasteiger partial charge in [0.15, 0.2) is 0 Å². The highest BCUT2D eigenvalue weighted by atomic mass is 19.1. The van der Waals surface area contributed by atoms with Crippen molar-refractivity contribution in [2.45, 2.75) is 32.8 Å². The summed E-state index contributed by atoms with van der Waals surface area (Å²) in [6.07, 6.45) is 0.804. The molecule has 1 N–H and O–H groups in total. The highest BCUT2D eigenvalue weighted by Gasteiger charge is 2.20. The number of ether oxygens (including phenoxy) is 1. The van der Waals surface area contributed by atoms with E-state index < -0.39 is 11.9 Å². The van der Waals surface area contributed by atoms with E-state index in [9.17, 15) is 9.50 Å². The van der Waals surface area contributed by atoms with Crippen molar-refractivity contribution in [3.8, 4) is 5.75 Å². The van der Waals surface area contributed by atoms with Gasteiger partial charge < -0.3 is 9.84 Å². The van der Waals surface area contributed by atoms with Crippen LogP contribution in [-0.2, 0) is 12.8 Å². The maximum atomic E-state index is 14.1. The van der Waals surface area contributed by atoms with Gasteiger partial charge in [-0.15, -0.1) is 0 Å². The number of rotatable bonds is 5. The molecule has 0 radical (unpaired) electrons. The molecule has 2 nitrogen and oxygen atoms in total. The summed E-state index contributed by atoms with van der Waals surface area (Å²) in [6, 6.07) is 10.4. The van der Waals surface area contributed by atoms with Crippen molar-refractivity contribution in [3.63, 3.8) is 0 Å². The van der Waals surface area contributed by atoms with Crippen LogP contribution in [-0.4, -0.2) is 12.2 Å². The second kappa shape index (κ2) is 6.72. The maximum Gasteiger partial charge on any atom is 0.133 e. The first-order valence-corrected chi connectivity index (χ1v) is 7.24. The first kappa shape index (κ1) is 15.5. The van der Waals surface area contributed by atoms with Gasteiger partial charge in [0.05, 0.1) is 12.7 Å². The molecule has 0 bridgehead atoms. The van der Waals surface area contributed by atoms with E-state index >= 15 is 0 Å². The number of hydrogen-bond donors (Lipinski definition) is 1. The monoisotopic (exact) mass is 288 g/mol. The minimum atomic E-state index is -1.03. The molecule has 0 aliphatic rings. The summed E-state index contributed by atoms with van der Waals surface area (Å²) in [5, 5.41) is 10.5. The third-order valence-corrected chi connectivity index (χ3v) is 3.81. The summed E-state index contributed by atoms with van der Waals surface area (Å²) < 4.78 is 19.2. The Bertz CT molecular complexity index is 623. The van der Waals surface area contributed by atoms with Gasteiger partial charge in [-0.25, -0.2) is 4.39 Å². The van der Waals surface area contributed by atoms with Gasteiger partial charge in [0.1, 0.15) is 17.7 Å². The van der Waals surface area contributed by atoms with E-state index in [2.05, 4.69) is 13.8 Å². The van der Waals surface area contributed by atoms with Crippen molar-refractivity contribution in [2.24, 2.45) is 0 Å². The molecule has 2 rings (SSSR count). The summed E-state index contributed by atoms with van der Waals surface area (Å²) in [4.78, 5) is 0. The van der Waals surface area contributed by atoms with E-state index in [1.807, 2.05) is 18.2 Å². The van der Waals surface area contributed by atoms with Gasteiger partial charge in [-0.2, -0.15) is 0 Å². The molecule has 1 atom stereocenters. The number of hydrogen-bond acceptors (Lipinski definition) is 2. The summed E-state index contributed by atoms with van der Waals surface area (Å²) in [7, 11) is 1.47. The number of methoxy groups -OCH3 is 1. The number of aryl methyl sites for hydroxylation is 2. The molecule has 0 amide bonds. The average molecular weight is 288 g/mol. The summed E-state index contributed by atoms with van der Waals surface area (Å²) in [6.45, 7) is 4.18. The first-order valence-electron chi connectivity index (χ1n) is 7.24. The van der Waals surface area contributed by atoms with Gasteiger partial charge in [0.2, 0.25) is 0 Å². The highest BCUT2D eigenvalue weighted by Crippen LogP contribution is 2.33. The maximum absolute atomic E-state index is 14.1. The van der Waals surface area contributed by atoms with Crippen LogP contribution < -0.4 is 4.74 Å². The molecular formula is C18H21FO2. The molecule has 3 heteroatoms. The topological polar surface area (TPSA) is 29.5 Å². The Morgan fingerprint density at radius 2 is 1.81 bits per heavy atom. The molecule has 21 heavy (non-hydrogen) atoms. The highest BCUT2D eigenvalue weighted by molar-refractivity contribution is 5.43. The summed E-state index contributed by atoms with van der Waals surface area (Å²) in [5.74, 6) is -0.0976. The van der Waals surface area contributed by atoms with Crippen LogP contribution in [0.5, 0.6) is 5.75 Å². The van der Waals surface area contributed by atoms with Gasteiger partial charge in [-0.1, -0.05) is 38.1 Å². The quantitative estimate of drug-likeness (QED) is 0.899. The van der Waals surface area contributed by atoms with E-state index in [1.54, 1.807) is 12.1 Å². The van der Waals surface area contributed by atoms with E-state index in [0.29, 0.717) is 11.3 Å². The third-order valence-electron chi connectivity index (χ3n) is 3.81. The fraction of sp³-hybridized carbons (Fsp3) is 0.333. The van der Waals surface area contributed by atoms with Gasteiger partial charge in [0.25, 0.3) is 0 Å². The SMILES string of the molecule is CCc1ccc(C(O)c2c(F)cccc2OC)cc1CC. The second-order valence-corrected chi connectivity index (χ2v) is 4.99. The molecule has 0 aromatic heterocycles. The Labute approximate surface area is 125 Å².